The second-order valence-electron chi connectivity index (χ2n) is 5.15. The Balaban J connectivity index is 1.94. The van der Waals surface area contributed by atoms with Crippen molar-refractivity contribution in [3.8, 4) is 0 Å². The summed E-state index contributed by atoms with van der Waals surface area (Å²) in [6.07, 6.45) is 2.44. The number of benzene rings is 1. The lowest BCUT2D eigenvalue weighted by Crippen LogP contribution is -2.46. The monoisotopic (exact) mass is 375 g/mol. The maximum absolute atomic E-state index is 12.1. The molecular weight excluding hydrogens is 358 g/mol. The number of halogens is 1. The number of carbonyl (C=O) groups excluding carboxylic acids is 1. The Kier molecular flexibility index (Phi) is 4.90. The number of nitrogen functional groups attached to an aromatic ring is 1. The van der Waals surface area contributed by atoms with Crippen molar-refractivity contribution < 1.29 is 13.2 Å². The van der Waals surface area contributed by atoms with Crippen LogP contribution in [0.1, 0.15) is 23.2 Å². The Morgan fingerprint density at radius 3 is 2.52 bits per heavy atom. The van der Waals surface area contributed by atoms with Crippen molar-refractivity contribution in [2.75, 3.05) is 25.1 Å². The topological polar surface area (TPSA) is 92.5 Å². The average Bonchev–Trinajstić information content (AvgIpc) is 2.41. The van der Waals surface area contributed by atoms with E-state index < -0.39 is 10.0 Å². The number of nitrogens with two attached hydrogens (primary N) is 1. The summed E-state index contributed by atoms with van der Waals surface area (Å²) in [7, 11) is -3.14. The summed E-state index contributed by atoms with van der Waals surface area (Å²) >= 11 is 3.28. The van der Waals surface area contributed by atoms with Gasteiger partial charge in [-0.2, -0.15) is 0 Å². The van der Waals surface area contributed by atoms with E-state index >= 15 is 0 Å². The van der Waals surface area contributed by atoms with E-state index in [1.807, 2.05) is 0 Å². The molecule has 0 radical (unpaired) electrons. The second-order valence-corrected chi connectivity index (χ2v) is 7.98. The molecule has 1 amide bonds. The highest BCUT2D eigenvalue weighted by Gasteiger charge is 2.25. The molecule has 21 heavy (non-hydrogen) atoms. The summed E-state index contributed by atoms with van der Waals surface area (Å²) in [6, 6.07) is 5.03. The number of nitrogens with zero attached hydrogens (tertiary/aromatic N) is 1. The van der Waals surface area contributed by atoms with E-state index in [1.54, 1.807) is 18.2 Å². The first-order valence-corrected chi connectivity index (χ1v) is 9.22. The molecule has 0 unspecified atom stereocenters. The standard InChI is InChI=1S/C13H18BrN3O3S/c1-21(19,20)17-6-4-10(5-7-17)16-13(18)9-2-3-11(14)12(15)8-9/h2-3,8,10H,4-7,15H2,1H3,(H,16,18). The van der Waals surface area contributed by atoms with Gasteiger partial charge in [0.25, 0.3) is 5.91 Å². The van der Waals surface area contributed by atoms with Gasteiger partial charge >= 0.3 is 0 Å². The summed E-state index contributed by atoms with van der Waals surface area (Å²) in [4.78, 5) is 12.1. The second kappa shape index (κ2) is 6.33. The van der Waals surface area contributed by atoms with Gasteiger partial charge in [-0.05, 0) is 47.0 Å². The first-order valence-electron chi connectivity index (χ1n) is 6.58. The third kappa shape index (κ3) is 4.18. The van der Waals surface area contributed by atoms with E-state index in [0.717, 1.165) is 4.47 Å². The van der Waals surface area contributed by atoms with Crippen molar-refractivity contribution >= 4 is 37.5 Å². The fraction of sp³-hybridized carbons (Fsp3) is 0.462. The highest BCUT2D eigenvalue weighted by Crippen LogP contribution is 2.20. The first kappa shape index (κ1) is 16.3. The maximum atomic E-state index is 12.1. The molecule has 6 nitrogen and oxygen atoms in total. The molecular formula is C13H18BrN3O3S. The van der Waals surface area contributed by atoms with Crippen molar-refractivity contribution in [2.45, 2.75) is 18.9 Å². The van der Waals surface area contributed by atoms with Crippen molar-refractivity contribution in [1.82, 2.24) is 9.62 Å². The lowest BCUT2D eigenvalue weighted by atomic mass is 10.1. The molecule has 1 aliphatic heterocycles. The minimum absolute atomic E-state index is 0.0135. The predicted molar refractivity (Wildman–Crippen MR) is 85.5 cm³/mol. The van der Waals surface area contributed by atoms with Gasteiger partial charge in [-0.1, -0.05) is 0 Å². The Hall–Kier alpha value is -1.12. The van der Waals surface area contributed by atoms with Crippen molar-refractivity contribution in [2.24, 2.45) is 0 Å². The number of piperidine rings is 1. The molecule has 0 atom stereocenters. The molecule has 0 aromatic heterocycles. The number of anilines is 1. The van der Waals surface area contributed by atoms with Gasteiger partial charge < -0.3 is 11.1 Å². The van der Waals surface area contributed by atoms with Gasteiger partial charge in [0, 0.05) is 34.9 Å². The highest BCUT2D eigenvalue weighted by atomic mass is 79.9. The highest BCUT2D eigenvalue weighted by molar-refractivity contribution is 9.10. The van der Waals surface area contributed by atoms with E-state index in [4.69, 9.17) is 5.73 Å². The number of amides is 1. The van der Waals surface area contributed by atoms with Crippen LogP contribution in [-0.2, 0) is 10.0 Å². The molecule has 0 saturated carbocycles. The van der Waals surface area contributed by atoms with E-state index in [0.29, 0.717) is 37.2 Å². The first-order chi connectivity index (χ1) is 9.77. The van der Waals surface area contributed by atoms with Crippen LogP contribution in [0.2, 0.25) is 0 Å². The average molecular weight is 376 g/mol. The molecule has 1 aromatic rings. The number of sulfonamides is 1. The largest absolute Gasteiger partial charge is 0.398 e. The van der Waals surface area contributed by atoms with Gasteiger partial charge in [0.15, 0.2) is 0 Å². The maximum Gasteiger partial charge on any atom is 0.251 e. The fourth-order valence-electron chi connectivity index (χ4n) is 2.29. The third-order valence-corrected chi connectivity index (χ3v) is 5.54. The van der Waals surface area contributed by atoms with Gasteiger partial charge in [-0.3, -0.25) is 4.79 Å². The lowest BCUT2D eigenvalue weighted by molar-refractivity contribution is 0.0924. The van der Waals surface area contributed by atoms with E-state index in [9.17, 15) is 13.2 Å². The summed E-state index contributed by atoms with van der Waals surface area (Å²) in [5.41, 5.74) is 6.77. The Morgan fingerprint density at radius 1 is 1.38 bits per heavy atom. The molecule has 1 saturated heterocycles. The van der Waals surface area contributed by atoms with Crippen LogP contribution < -0.4 is 11.1 Å². The van der Waals surface area contributed by atoms with Gasteiger partial charge in [0.1, 0.15) is 0 Å². The summed E-state index contributed by atoms with van der Waals surface area (Å²) in [5, 5.41) is 2.92. The zero-order valence-electron chi connectivity index (χ0n) is 11.7. The molecule has 3 N–H and O–H groups in total. The lowest BCUT2D eigenvalue weighted by Gasteiger charge is -2.30. The van der Waals surface area contributed by atoms with Crippen LogP contribution in [0.4, 0.5) is 5.69 Å². The number of nitrogens with one attached hydrogen (secondary N) is 1. The molecule has 116 valence electrons. The Morgan fingerprint density at radius 2 is 2.00 bits per heavy atom. The van der Waals surface area contributed by atoms with Crippen LogP contribution in [0.25, 0.3) is 0 Å². The van der Waals surface area contributed by atoms with E-state index in [1.165, 1.54) is 10.6 Å². The third-order valence-electron chi connectivity index (χ3n) is 3.52. The summed E-state index contributed by atoms with van der Waals surface area (Å²) in [5.74, 6) is -0.188. The van der Waals surface area contributed by atoms with Crippen LogP contribution in [0.5, 0.6) is 0 Å². The molecule has 1 fully saturated rings. The predicted octanol–water partition coefficient (Wildman–Crippen LogP) is 1.19. The van der Waals surface area contributed by atoms with Crippen LogP contribution in [0.3, 0.4) is 0 Å². The van der Waals surface area contributed by atoms with Crippen molar-refractivity contribution in [3.05, 3.63) is 28.2 Å². The van der Waals surface area contributed by atoms with E-state index in [2.05, 4.69) is 21.2 Å². The molecule has 1 heterocycles. The Labute approximate surface area is 132 Å². The molecule has 1 aromatic carbocycles. The molecule has 0 spiro atoms. The van der Waals surface area contributed by atoms with Crippen LogP contribution in [0.15, 0.2) is 22.7 Å². The fourth-order valence-corrected chi connectivity index (χ4v) is 3.41. The molecule has 1 aliphatic rings. The number of rotatable bonds is 3. The van der Waals surface area contributed by atoms with E-state index in [-0.39, 0.29) is 11.9 Å². The smallest absolute Gasteiger partial charge is 0.251 e. The number of carbonyl (C=O) groups is 1. The SMILES string of the molecule is CS(=O)(=O)N1CCC(NC(=O)c2ccc(Br)c(N)c2)CC1. The van der Waals surface area contributed by atoms with Crippen molar-refractivity contribution in [1.29, 1.82) is 0 Å². The summed E-state index contributed by atoms with van der Waals surface area (Å²) < 4.78 is 25.0. The van der Waals surface area contributed by atoms with Gasteiger partial charge in [0.05, 0.1) is 6.26 Å². The van der Waals surface area contributed by atoms with Gasteiger partial charge in [-0.25, -0.2) is 12.7 Å². The zero-order valence-corrected chi connectivity index (χ0v) is 14.1. The van der Waals surface area contributed by atoms with Crippen LogP contribution in [0, 0.1) is 0 Å². The van der Waals surface area contributed by atoms with Crippen molar-refractivity contribution in [3.63, 3.8) is 0 Å². The number of hydrogen-bond acceptors (Lipinski definition) is 4. The molecule has 8 heteroatoms. The molecule has 0 aliphatic carbocycles. The zero-order chi connectivity index (χ0) is 15.6. The van der Waals surface area contributed by atoms with Crippen LogP contribution in [-0.4, -0.2) is 44.0 Å². The normalized spacial score (nSPS) is 17.6. The van der Waals surface area contributed by atoms with Crippen LogP contribution >= 0.6 is 15.9 Å². The Bertz CT molecular complexity index is 640. The number of hydrogen-bond donors (Lipinski definition) is 2. The quantitative estimate of drug-likeness (QED) is 0.775. The minimum atomic E-state index is -3.14. The molecule has 2 rings (SSSR count). The molecule has 0 bridgehead atoms. The van der Waals surface area contributed by atoms with Gasteiger partial charge in [0.2, 0.25) is 10.0 Å². The summed E-state index contributed by atoms with van der Waals surface area (Å²) in [6.45, 7) is 0.874. The van der Waals surface area contributed by atoms with Gasteiger partial charge in [-0.15, -0.1) is 0 Å². The minimum Gasteiger partial charge on any atom is -0.398 e.